The molecule has 0 bridgehead atoms. The lowest BCUT2D eigenvalue weighted by Gasteiger charge is -2.34. The van der Waals surface area contributed by atoms with Gasteiger partial charge in [-0.25, -0.2) is 8.78 Å². The number of carbonyl (C=O) groups is 1. The minimum absolute atomic E-state index is 0.00667. The zero-order valence-corrected chi connectivity index (χ0v) is 10.3. The van der Waals surface area contributed by atoms with Gasteiger partial charge in [-0.05, 0) is 31.4 Å². The van der Waals surface area contributed by atoms with Crippen LogP contribution >= 0.6 is 0 Å². The van der Waals surface area contributed by atoms with Crippen molar-refractivity contribution in [3.8, 4) is 0 Å². The van der Waals surface area contributed by atoms with Gasteiger partial charge in [-0.15, -0.1) is 0 Å². The Morgan fingerprint density at radius 2 is 1.83 bits per heavy atom. The van der Waals surface area contributed by atoms with Gasteiger partial charge in [0.25, 0.3) is 0 Å². The Bertz CT molecular complexity index is 477. The molecule has 2 nitrogen and oxygen atoms in total. The van der Waals surface area contributed by atoms with Gasteiger partial charge in [0.05, 0.1) is 5.41 Å². The van der Waals surface area contributed by atoms with Crippen molar-refractivity contribution < 1.29 is 18.7 Å². The molecule has 98 valence electrons. The molecule has 0 heterocycles. The fraction of sp³-hybridized carbons (Fsp3) is 0.500. The van der Waals surface area contributed by atoms with E-state index in [4.69, 9.17) is 0 Å². The van der Waals surface area contributed by atoms with Gasteiger partial charge < -0.3 is 5.11 Å². The molecule has 0 radical (unpaired) electrons. The highest BCUT2D eigenvalue weighted by Gasteiger charge is 2.43. The summed E-state index contributed by atoms with van der Waals surface area (Å²) in [6.07, 6.45) is 3.18. The van der Waals surface area contributed by atoms with E-state index in [0.29, 0.717) is 18.4 Å². The molecule has 0 spiro atoms. The van der Waals surface area contributed by atoms with Crippen LogP contribution < -0.4 is 0 Å². The molecule has 1 fully saturated rings. The number of rotatable bonds is 2. The molecule has 1 aromatic rings. The van der Waals surface area contributed by atoms with Crippen LogP contribution in [0, 0.1) is 18.6 Å². The van der Waals surface area contributed by atoms with Crippen LogP contribution in [0.4, 0.5) is 8.78 Å². The molecule has 0 atom stereocenters. The first-order valence-electron chi connectivity index (χ1n) is 6.17. The maximum absolute atomic E-state index is 13.9. The van der Waals surface area contributed by atoms with Crippen molar-refractivity contribution in [1.82, 2.24) is 0 Å². The first-order chi connectivity index (χ1) is 8.47. The monoisotopic (exact) mass is 254 g/mol. The van der Waals surface area contributed by atoms with Crippen molar-refractivity contribution in [2.45, 2.75) is 44.4 Å². The van der Waals surface area contributed by atoms with E-state index in [-0.39, 0.29) is 5.56 Å². The molecule has 4 heteroatoms. The maximum Gasteiger partial charge on any atom is 0.314 e. The fourth-order valence-corrected chi connectivity index (χ4v) is 2.83. The summed E-state index contributed by atoms with van der Waals surface area (Å²) in [7, 11) is 0. The second kappa shape index (κ2) is 4.67. The number of halogens is 2. The molecule has 2 rings (SSSR count). The lowest BCUT2D eigenvalue weighted by atomic mass is 9.69. The second-order valence-electron chi connectivity index (χ2n) is 5.06. The number of hydrogen-bond acceptors (Lipinski definition) is 1. The smallest absolute Gasteiger partial charge is 0.314 e. The highest BCUT2D eigenvalue weighted by Crippen LogP contribution is 2.41. The lowest BCUT2D eigenvalue weighted by Crippen LogP contribution is -2.39. The Kier molecular flexibility index (Phi) is 3.37. The molecule has 18 heavy (non-hydrogen) atoms. The fourth-order valence-electron chi connectivity index (χ4n) is 2.83. The minimum atomic E-state index is -1.25. The summed E-state index contributed by atoms with van der Waals surface area (Å²) in [4.78, 5) is 11.6. The highest BCUT2D eigenvalue weighted by molar-refractivity contribution is 5.81. The molecular weight excluding hydrogens is 238 g/mol. The molecule has 1 aromatic carbocycles. The zero-order valence-electron chi connectivity index (χ0n) is 10.3. The second-order valence-corrected chi connectivity index (χ2v) is 5.06. The van der Waals surface area contributed by atoms with Crippen LogP contribution in [0.5, 0.6) is 0 Å². The first kappa shape index (κ1) is 13.0. The molecule has 0 unspecified atom stereocenters. The first-order valence-corrected chi connectivity index (χ1v) is 6.17. The van der Waals surface area contributed by atoms with Gasteiger partial charge in [-0.3, -0.25) is 4.79 Å². The van der Waals surface area contributed by atoms with Crippen molar-refractivity contribution >= 4 is 5.97 Å². The predicted molar refractivity (Wildman–Crippen MR) is 63.5 cm³/mol. The number of benzene rings is 1. The summed E-state index contributed by atoms with van der Waals surface area (Å²) in [6.45, 7) is 1.64. The molecule has 0 aromatic heterocycles. The standard InChI is InChI=1S/C14H16F2O2/c1-9-7-10(12(16)11(15)8-9)14(13(17)18)5-3-2-4-6-14/h7-8H,2-6H2,1H3,(H,17,18). The number of hydrogen-bond donors (Lipinski definition) is 1. The van der Waals surface area contributed by atoms with E-state index >= 15 is 0 Å². The average molecular weight is 254 g/mol. The van der Waals surface area contributed by atoms with Gasteiger partial charge in [-0.2, -0.15) is 0 Å². The molecule has 1 saturated carbocycles. The Labute approximate surface area is 105 Å². The molecule has 0 saturated heterocycles. The van der Waals surface area contributed by atoms with Gasteiger partial charge >= 0.3 is 5.97 Å². The molecule has 1 N–H and O–H groups in total. The Balaban J connectivity index is 2.59. The van der Waals surface area contributed by atoms with Gasteiger partial charge in [-0.1, -0.05) is 25.3 Å². The third-order valence-corrected chi connectivity index (χ3v) is 3.80. The van der Waals surface area contributed by atoms with E-state index in [1.807, 2.05) is 0 Å². The number of carboxylic acids is 1. The Hall–Kier alpha value is -1.45. The average Bonchev–Trinajstić information content (AvgIpc) is 2.34. The molecular formula is C14H16F2O2. The molecule has 1 aliphatic rings. The van der Waals surface area contributed by atoms with Gasteiger partial charge in [0, 0.05) is 5.56 Å². The lowest BCUT2D eigenvalue weighted by molar-refractivity contribution is -0.145. The third-order valence-electron chi connectivity index (χ3n) is 3.80. The van der Waals surface area contributed by atoms with Crippen molar-refractivity contribution in [2.75, 3.05) is 0 Å². The topological polar surface area (TPSA) is 37.3 Å². The van der Waals surface area contributed by atoms with E-state index in [1.165, 1.54) is 6.07 Å². The van der Waals surface area contributed by atoms with Crippen LogP contribution in [-0.2, 0) is 10.2 Å². The SMILES string of the molecule is Cc1cc(F)c(F)c(C2(C(=O)O)CCCCC2)c1. The van der Waals surface area contributed by atoms with E-state index in [2.05, 4.69) is 0 Å². The Morgan fingerprint density at radius 1 is 1.22 bits per heavy atom. The highest BCUT2D eigenvalue weighted by atomic mass is 19.2. The van der Waals surface area contributed by atoms with E-state index in [9.17, 15) is 18.7 Å². The van der Waals surface area contributed by atoms with E-state index in [1.54, 1.807) is 6.92 Å². The number of carboxylic acid groups (broad SMARTS) is 1. The predicted octanol–water partition coefficient (Wildman–Crippen LogP) is 3.56. The van der Waals surface area contributed by atoms with Crippen molar-refractivity contribution in [2.24, 2.45) is 0 Å². The van der Waals surface area contributed by atoms with Crippen LogP contribution in [0.1, 0.15) is 43.2 Å². The van der Waals surface area contributed by atoms with Crippen LogP contribution in [0.15, 0.2) is 12.1 Å². The summed E-state index contributed by atoms with van der Waals surface area (Å²) in [5.74, 6) is -3.02. The molecule has 1 aliphatic carbocycles. The van der Waals surface area contributed by atoms with Gasteiger partial charge in [0.1, 0.15) is 0 Å². The third kappa shape index (κ3) is 2.00. The van der Waals surface area contributed by atoms with Crippen LogP contribution in [0.3, 0.4) is 0 Å². The van der Waals surface area contributed by atoms with Crippen molar-refractivity contribution in [3.05, 3.63) is 34.9 Å². The van der Waals surface area contributed by atoms with Crippen molar-refractivity contribution in [3.63, 3.8) is 0 Å². The largest absolute Gasteiger partial charge is 0.481 e. The van der Waals surface area contributed by atoms with Gasteiger partial charge in [0.2, 0.25) is 0 Å². The zero-order chi connectivity index (χ0) is 13.3. The van der Waals surface area contributed by atoms with E-state index in [0.717, 1.165) is 25.3 Å². The van der Waals surface area contributed by atoms with Crippen molar-refractivity contribution in [1.29, 1.82) is 0 Å². The quantitative estimate of drug-likeness (QED) is 0.876. The van der Waals surface area contributed by atoms with Gasteiger partial charge in [0.15, 0.2) is 11.6 Å². The van der Waals surface area contributed by atoms with E-state index < -0.39 is 23.0 Å². The Morgan fingerprint density at radius 3 is 2.39 bits per heavy atom. The van der Waals surface area contributed by atoms with Crippen LogP contribution in [-0.4, -0.2) is 11.1 Å². The minimum Gasteiger partial charge on any atom is -0.481 e. The molecule has 0 aliphatic heterocycles. The summed E-state index contributed by atoms with van der Waals surface area (Å²) < 4.78 is 27.4. The normalized spacial score (nSPS) is 18.6. The summed E-state index contributed by atoms with van der Waals surface area (Å²) in [5.41, 5.74) is -0.697. The van der Waals surface area contributed by atoms with Crippen LogP contribution in [0.2, 0.25) is 0 Å². The van der Waals surface area contributed by atoms with Crippen LogP contribution in [0.25, 0.3) is 0 Å². The summed E-state index contributed by atoms with van der Waals surface area (Å²) in [5, 5.41) is 9.46. The number of aliphatic carboxylic acids is 1. The summed E-state index contributed by atoms with van der Waals surface area (Å²) in [6, 6.07) is 2.56. The maximum atomic E-state index is 13.9. The number of aryl methyl sites for hydroxylation is 1. The summed E-state index contributed by atoms with van der Waals surface area (Å²) >= 11 is 0. The molecule has 0 amide bonds.